The van der Waals surface area contributed by atoms with Crippen molar-refractivity contribution >= 4 is 23.1 Å². The average molecular weight is 690 g/mol. The van der Waals surface area contributed by atoms with E-state index < -0.39 is 18.2 Å². The molecule has 1 aliphatic carbocycles. The van der Waals surface area contributed by atoms with Crippen molar-refractivity contribution in [3.63, 3.8) is 0 Å². The van der Waals surface area contributed by atoms with E-state index in [1.54, 1.807) is 0 Å². The molecule has 7 aromatic carbocycles. The van der Waals surface area contributed by atoms with Crippen LogP contribution < -0.4 is 23.8 Å². The molecule has 1 atom stereocenters. The fourth-order valence-corrected chi connectivity index (χ4v) is 8.10. The van der Waals surface area contributed by atoms with Crippen LogP contribution in [0.4, 0.5) is 17.1 Å². The number of benzene rings is 7. The molecule has 1 spiro atoms. The maximum absolute atomic E-state index is 6.80. The summed E-state index contributed by atoms with van der Waals surface area (Å²) in [6, 6.07) is 56.1. The third-order valence-corrected chi connectivity index (χ3v) is 10.6. The van der Waals surface area contributed by atoms with Gasteiger partial charge in [-0.05, 0) is 108 Å². The van der Waals surface area contributed by atoms with Gasteiger partial charge in [-0.1, -0.05) is 78.9 Å². The van der Waals surface area contributed by atoms with Crippen molar-refractivity contribution in [2.24, 2.45) is 0 Å². The normalized spacial score (nSPS) is 17.3. The van der Waals surface area contributed by atoms with E-state index >= 15 is 0 Å². The fraction of sp³-hybridized carbons (Fsp3) is 0.0638. The third-order valence-electron chi connectivity index (χ3n) is 10.6. The summed E-state index contributed by atoms with van der Waals surface area (Å²) in [5.41, 5.74) is 10.9. The predicted octanol–water partition coefficient (Wildman–Crippen LogP) is 11.4. The van der Waals surface area contributed by atoms with Gasteiger partial charge in [0.25, 0.3) is 12.6 Å². The topological polar surface area (TPSA) is 49.4 Å². The Morgan fingerprint density at radius 3 is 1.47 bits per heavy atom. The highest BCUT2D eigenvalue weighted by atomic mass is 16.7. The van der Waals surface area contributed by atoms with E-state index in [1.807, 2.05) is 60.9 Å². The number of para-hydroxylation sites is 4. The van der Waals surface area contributed by atoms with E-state index in [9.17, 15) is 0 Å². The Hall–Kier alpha value is -6.92. The summed E-state index contributed by atoms with van der Waals surface area (Å²) in [4.78, 5) is 2.27. The maximum Gasteiger partial charge on any atom is 0.267 e. The summed E-state index contributed by atoms with van der Waals surface area (Å²) in [6.45, 7) is 0. The molecule has 0 radical (unpaired) electrons. The molecule has 4 aliphatic rings. The molecule has 3 aliphatic heterocycles. The summed E-state index contributed by atoms with van der Waals surface area (Å²) >= 11 is 0. The first kappa shape index (κ1) is 29.8. The zero-order valence-electron chi connectivity index (χ0n) is 28.4. The minimum atomic E-state index is -0.787. The van der Waals surface area contributed by atoms with Crippen molar-refractivity contribution in [2.75, 3.05) is 4.90 Å². The molecule has 0 saturated carbocycles. The van der Waals surface area contributed by atoms with Crippen molar-refractivity contribution in [2.45, 2.75) is 18.2 Å². The largest absolute Gasteiger partial charge is 0.481 e. The van der Waals surface area contributed by atoms with Gasteiger partial charge in [-0.25, -0.2) is 0 Å². The Labute approximate surface area is 306 Å². The highest BCUT2D eigenvalue weighted by molar-refractivity contribution is 5.88. The van der Waals surface area contributed by atoms with Crippen LogP contribution in [0, 0.1) is 0 Å². The Bertz CT molecular complexity index is 2430. The Morgan fingerprint density at radius 1 is 0.415 bits per heavy atom. The molecule has 0 fully saturated rings. The van der Waals surface area contributed by atoms with E-state index in [0.29, 0.717) is 0 Å². The number of fused-ring (bicyclic) bond motifs is 9. The second-order valence-corrected chi connectivity index (χ2v) is 13.5. The second kappa shape index (κ2) is 11.6. The molecule has 254 valence electrons. The van der Waals surface area contributed by atoms with Gasteiger partial charge in [0.2, 0.25) is 0 Å². The van der Waals surface area contributed by atoms with Crippen molar-refractivity contribution in [1.29, 1.82) is 0 Å². The minimum Gasteiger partial charge on any atom is -0.481 e. The van der Waals surface area contributed by atoms with Crippen molar-refractivity contribution in [3.8, 4) is 34.1 Å². The first-order valence-corrected chi connectivity index (χ1v) is 17.8. The zero-order valence-corrected chi connectivity index (χ0v) is 28.4. The molecule has 0 amide bonds. The van der Waals surface area contributed by atoms with E-state index in [0.717, 1.165) is 79.0 Å². The Morgan fingerprint density at radius 2 is 0.887 bits per heavy atom. The first-order chi connectivity index (χ1) is 26.2. The van der Waals surface area contributed by atoms with Crippen molar-refractivity contribution in [1.82, 2.24) is 0 Å². The van der Waals surface area contributed by atoms with Crippen molar-refractivity contribution in [3.05, 3.63) is 203 Å². The lowest BCUT2D eigenvalue weighted by Gasteiger charge is -2.36. The van der Waals surface area contributed by atoms with E-state index in [4.69, 9.17) is 23.7 Å². The third kappa shape index (κ3) is 4.59. The number of ether oxygens (including phenoxy) is 5. The number of hydrogen-bond donors (Lipinski definition) is 0. The van der Waals surface area contributed by atoms with Gasteiger partial charge in [0.1, 0.15) is 0 Å². The average Bonchev–Trinajstić information content (AvgIpc) is 3.93. The van der Waals surface area contributed by atoms with Gasteiger partial charge in [-0.2, -0.15) is 0 Å². The van der Waals surface area contributed by atoms with Crippen LogP contribution in [0.1, 0.15) is 46.0 Å². The van der Waals surface area contributed by atoms with E-state index in [2.05, 4.69) is 120 Å². The van der Waals surface area contributed by atoms with Gasteiger partial charge in [-0.3, -0.25) is 0 Å². The van der Waals surface area contributed by atoms with E-state index in [-0.39, 0.29) is 0 Å². The maximum atomic E-state index is 6.80. The highest BCUT2D eigenvalue weighted by Gasteiger charge is 2.48. The summed E-state index contributed by atoms with van der Waals surface area (Å²) in [7, 11) is 0. The molecule has 0 bridgehead atoms. The molecule has 1 unspecified atom stereocenters. The van der Waals surface area contributed by atoms with Crippen LogP contribution in [0.2, 0.25) is 0 Å². The number of anilines is 3. The summed E-state index contributed by atoms with van der Waals surface area (Å²) in [5.74, 6) is 2.99. The molecule has 0 aromatic heterocycles. The van der Waals surface area contributed by atoms with E-state index in [1.165, 1.54) is 5.56 Å². The highest BCUT2D eigenvalue weighted by Crippen LogP contribution is 2.56. The molecule has 11 rings (SSSR count). The van der Waals surface area contributed by atoms with Gasteiger partial charge in [0.15, 0.2) is 28.6 Å². The first-order valence-electron chi connectivity index (χ1n) is 17.8. The summed E-state index contributed by atoms with van der Waals surface area (Å²) < 4.78 is 31.4. The molecule has 53 heavy (non-hydrogen) atoms. The van der Waals surface area contributed by atoms with Gasteiger partial charge in [0, 0.05) is 44.9 Å². The number of hydrogen-bond acceptors (Lipinski definition) is 6. The van der Waals surface area contributed by atoms with Crippen LogP contribution in [0.3, 0.4) is 0 Å². The zero-order chi connectivity index (χ0) is 34.9. The van der Waals surface area contributed by atoms with Gasteiger partial charge in [0.05, 0.1) is 6.26 Å². The number of nitrogens with zero attached hydrogens (tertiary/aromatic N) is 1. The molecule has 0 N–H and O–H groups in total. The van der Waals surface area contributed by atoms with Crippen LogP contribution in [-0.4, -0.2) is 0 Å². The number of rotatable bonds is 5. The van der Waals surface area contributed by atoms with Crippen LogP contribution >= 0.6 is 0 Å². The SMILES string of the molecule is C1=Cc2ccccc2C2(O1)c1ccccc1-c1ccc(N(c3ccc(C4Oc5ccccc5O4)cc3)c3ccc(C4Oc5ccccc5O4)cc3)cc12. The summed E-state index contributed by atoms with van der Waals surface area (Å²) in [6.07, 6.45) is 2.86. The molecule has 6 heteroatoms. The van der Waals surface area contributed by atoms with Gasteiger partial charge >= 0.3 is 0 Å². The van der Waals surface area contributed by atoms with Gasteiger partial charge in [-0.15, -0.1) is 0 Å². The minimum absolute atomic E-state index is 0.514. The van der Waals surface area contributed by atoms with Crippen LogP contribution in [0.25, 0.3) is 17.2 Å². The lowest BCUT2D eigenvalue weighted by molar-refractivity contribution is 0.0485. The fourth-order valence-electron chi connectivity index (χ4n) is 8.10. The monoisotopic (exact) mass is 689 g/mol. The Kier molecular flexibility index (Phi) is 6.49. The lowest BCUT2D eigenvalue weighted by Crippen LogP contribution is -2.31. The molecule has 3 heterocycles. The van der Waals surface area contributed by atoms with Crippen LogP contribution in [-0.2, 0) is 10.3 Å². The smallest absolute Gasteiger partial charge is 0.267 e. The standard InChI is InChI=1S/C47H31NO5/c1-3-11-38-30(9-1)27-28-49-47(38)39-12-4-2-10-36(39)37-26-25-35(29-40(37)47)48(33-21-17-31(18-22-33)45-50-41-13-5-6-14-42(41)51-45)34-23-19-32(20-24-34)46-52-43-15-7-8-16-44(43)53-46/h1-29,45-46H. The predicted molar refractivity (Wildman–Crippen MR) is 204 cm³/mol. The molecular formula is C47H31NO5. The van der Waals surface area contributed by atoms with Crippen LogP contribution in [0.5, 0.6) is 23.0 Å². The molecular weight excluding hydrogens is 659 g/mol. The Balaban J connectivity index is 1.02. The quantitative estimate of drug-likeness (QED) is 0.179. The summed E-state index contributed by atoms with van der Waals surface area (Å²) in [5, 5.41) is 0. The van der Waals surface area contributed by atoms with Gasteiger partial charge < -0.3 is 28.6 Å². The second-order valence-electron chi connectivity index (χ2n) is 13.5. The van der Waals surface area contributed by atoms with Crippen LogP contribution in [0.15, 0.2) is 170 Å². The van der Waals surface area contributed by atoms with Crippen molar-refractivity contribution < 1.29 is 23.7 Å². The molecule has 7 aromatic rings. The lowest BCUT2D eigenvalue weighted by atomic mass is 9.80. The molecule has 0 saturated heterocycles. The molecule has 6 nitrogen and oxygen atoms in total.